The zero-order valence-electron chi connectivity index (χ0n) is 16.3. The van der Waals surface area contributed by atoms with E-state index in [1.807, 2.05) is 41.3 Å². The molecule has 5 heteroatoms. The Bertz CT molecular complexity index is 1130. The van der Waals surface area contributed by atoms with Gasteiger partial charge in [0.25, 0.3) is 5.91 Å². The number of nitrogens with zero attached hydrogens (tertiary/aromatic N) is 1. The summed E-state index contributed by atoms with van der Waals surface area (Å²) in [6.45, 7) is 0.899. The van der Waals surface area contributed by atoms with Gasteiger partial charge in [-0.05, 0) is 46.9 Å². The van der Waals surface area contributed by atoms with Gasteiger partial charge in [-0.25, -0.2) is 4.39 Å². The maximum atomic E-state index is 13.4. The van der Waals surface area contributed by atoms with Gasteiger partial charge in [-0.2, -0.15) is 0 Å². The van der Waals surface area contributed by atoms with Crippen LogP contribution in [-0.2, 0) is 17.8 Å². The first-order valence-corrected chi connectivity index (χ1v) is 10.1. The lowest BCUT2D eigenvalue weighted by Gasteiger charge is -2.45. The van der Waals surface area contributed by atoms with E-state index in [-0.39, 0.29) is 23.7 Å². The Balaban J connectivity index is 1.53. The number of fused-ring (bicyclic) bond motifs is 4. The smallest absolute Gasteiger partial charge is 0.254 e. The number of amides is 2. The maximum absolute atomic E-state index is 13.4. The van der Waals surface area contributed by atoms with Crippen LogP contribution in [0.2, 0.25) is 0 Å². The highest BCUT2D eigenvalue weighted by atomic mass is 19.1. The molecule has 150 valence electrons. The van der Waals surface area contributed by atoms with Gasteiger partial charge in [-0.1, -0.05) is 54.6 Å². The summed E-state index contributed by atoms with van der Waals surface area (Å²) in [6.07, 6.45) is 0.782. The highest BCUT2D eigenvalue weighted by molar-refractivity contribution is 6.01. The van der Waals surface area contributed by atoms with Crippen molar-refractivity contribution in [3.05, 3.63) is 106 Å². The molecule has 0 fully saturated rings. The second-order valence-corrected chi connectivity index (χ2v) is 7.80. The predicted octanol–water partition coefficient (Wildman–Crippen LogP) is 3.98. The summed E-state index contributed by atoms with van der Waals surface area (Å²) in [4.78, 5) is 28.5. The van der Waals surface area contributed by atoms with E-state index in [2.05, 4.69) is 11.4 Å². The SMILES string of the molecule is O=C(NCc1ccc(F)cc1)C1c2ccccc2C(=O)N2CCc3ccccc3C12. The molecule has 0 aromatic heterocycles. The quantitative estimate of drug-likeness (QED) is 0.723. The first-order valence-electron chi connectivity index (χ1n) is 10.1. The summed E-state index contributed by atoms with van der Waals surface area (Å²) in [7, 11) is 0. The lowest BCUT2D eigenvalue weighted by atomic mass is 9.76. The van der Waals surface area contributed by atoms with E-state index in [0.717, 1.165) is 23.1 Å². The van der Waals surface area contributed by atoms with Crippen LogP contribution in [0.5, 0.6) is 0 Å². The minimum Gasteiger partial charge on any atom is -0.351 e. The molecule has 2 amide bonds. The summed E-state index contributed by atoms with van der Waals surface area (Å²) in [5, 5.41) is 3.01. The molecule has 0 spiro atoms. The van der Waals surface area contributed by atoms with E-state index in [1.165, 1.54) is 17.7 Å². The van der Waals surface area contributed by atoms with Crippen LogP contribution in [0.1, 0.15) is 44.6 Å². The number of hydrogen-bond donors (Lipinski definition) is 1. The number of halogens is 1. The lowest BCUT2D eigenvalue weighted by Crippen LogP contribution is -2.50. The average molecular weight is 400 g/mol. The molecule has 0 radical (unpaired) electrons. The molecule has 0 aliphatic carbocycles. The zero-order valence-corrected chi connectivity index (χ0v) is 16.3. The van der Waals surface area contributed by atoms with Gasteiger partial charge in [0, 0.05) is 18.7 Å². The van der Waals surface area contributed by atoms with Crippen LogP contribution in [-0.4, -0.2) is 23.3 Å². The van der Waals surface area contributed by atoms with Gasteiger partial charge < -0.3 is 10.2 Å². The summed E-state index contributed by atoms with van der Waals surface area (Å²) in [5.74, 6) is -0.960. The Morgan fingerprint density at radius 1 is 0.967 bits per heavy atom. The monoisotopic (exact) mass is 400 g/mol. The minimum atomic E-state index is -0.499. The third kappa shape index (κ3) is 3.07. The molecule has 0 bridgehead atoms. The number of nitrogens with one attached hydrogen (secondary N) is 1. The van der Waals surface area contributed by atoms with E-state index in [4.69, 9.17) is 0 Å². The van der Waals surface area contributed by atoms with Gasteiger partial charge in [-0.15, -0.1) is 0 Å². The van der Waals surface area contributed by atoms with Crippen molar-refractivity contribution in [1.29, 1.82) is 0 Å². The van der Waals surface area contributed by atoms with Crippen molar-refractivity contribution in [3.8, 4) is 0 Å². The molecule has 3 aromatic carbocycles. The number of benzene rings is 3. The van der Waals surface area contributed by atoms with E-state index in [0.29, 0.717) is 18.7 Å². The lowest BCUT2D eigenvalue weighted by molar-refractivity contribution is -0.124. The second-order valence-electron chi connectivity index (χ2n) is 7.80. The fourth-order valence-electron chi connectivity index (χ4n) is 4.66. The Morgan fingerprint density at radius 2 is 1.67 bits per heavy atom. The second kappa shape index (κ2) is 7.41. The molecular weight excluding hydrogens is 379 g/mol. The van der Waals surface area contributed by atoms with Crippen molar-refractivity contribution in [1.82, 2.24) is 10.2 Å². The highest BCUT2D eigenvalue weighted by Gasteiger charge is 2.45. The van der Waals surface area contributed by atoms with Crippen LogP contribution >= 0.6 is 0 Å². The van der Waals surface area contributed by atoms with Crippen LogP contribution in [0.3, 0.4) is 0 Å². The molecule has 0 saturated heterocycles. The Kier molecular flexibility index (Phi) is 4.58. The summed E-state index contributed by atoms with van der Waals surface area (Å²) < 4.78 is 13.2. The molecule has 3 aromatic rings. The third-order valence-corrected chi connectivity index (χ3v) is 6.10. The van der Waals surface area contributed by atoms with Crippen molar-refractivity contribution in [2.45, 2.75) is 24.9 Å². The predicted molar refractivity (Wildman–Crippen MR) is 111 cm³/mol. The Morgan fingerprint density at radius 3 is 2.47 bits per heavy atom. The van der Waals surface area contributed by atoms with Gasteiger partial charge in [0.05, 0.1) is 12.0 Å². The van der Waals surface area contributed by atoms with Crippen LogP contribution in [0.15, 0.2) is 72.8 Å². The van der Waals surface area contributed by atoms with E-state index in [1.54, 1.807) is 18.2 Å². The van der Waals surface area contributed by atoms with Crippen molar-refractivity contribution in [2.75, 3.05) is 6.54 Å². The molecule has 2 aliphatic rings. The molecular formula is C25H21FN2O2. The van der Waals surface area contributed by atoms with E-state index >= 15 is 0 Å². The number of carbonyl (C=O) groups excluding carboxylic acids is 2. The third-order valence-electron chi connectivity index (χ3n) is 6.10. The highest BCUT2D eigenvalue weighted by Crippen LogP contribution is 2.45. The number of rotatable bonds is 3. The minimum absolute atomic E-state index is 0.0207. The summed E-state index contributed by atoms with van der Waals surface area (Å²) in [6, 6.07) is 21.2. The van der Waals surface area contributed by atoms with Crippen molar-refractivity contribution >= 4 is 11.8 Å². The van der Waals surface area contributed by atoms with Crippen LogP contribution in [0.25, 0.3) is 0 Å². The number of hydrogen-bond acceptors (Lipinski definition) is 2. The maximum Gasteiger partial charge on any atom is 0.254 e. The largest absolute Gasteiger partial charge is 0.351 e. The van der Waals surface area contributed by atoms with E-state index < -0.39 is 5.92 Å². The van der Waals surface area contributed by atoms with Crippen LogP contribution < -0.4 is 5.32 Å². The fourth-order valence-corrected chi connectivity index (χ4v) is 4.66. The molecule has 30 heavy (non-hydrogen) atoms. The molecule has 2 atom stereocenters. The molecule has 1 N–H and O–H groups in total. The van der Waals surface area contributed by atoms with Crippen LogP contribution in [0, 0.1) is 5.82 Å². The van der Waals surface area contributed by atoms with E-state index in [9.17, 15) is 14.0 Å². The fraction of sp³-hybridized carbons (Fsp3) is 0.200. The Hall–Kier alpha value is -3.47. The van der Waals surface area contributed by atoms with Gasteiger partial charge in [0.15, 0.2) is 0 Å². The summed E-state index contributed by atoms with van der Waals surface area (Å²) in [5.41, 5.74) is 4.40. The van der Waals surface area contributed by atoms with Crippen LogP contribution in [0.4, 0.5) is 4.39 Å². The van der Waals surface area contributed by atoms with Crippen molar-refractivity contribution < 1.29 is 14.0 Å². The number of carbonyl (C=O) groups is 2. The molecule has 2 unspecified atom stereocenters. The standard InChI is InChI=1S/C25H21FN2O2/c26-18-11-9-16(10-12-18)15-27-24(29)22-20-7-3-4-8-21(20)25(30)28-14-13-17-5-1-2-6-19(17)23(22)28/h1-12,22-23H,13-15H2,(H,27,29). The van der Waals surface area contributed by atoms with Crippen molar-refractivity contribution in [3.63, 3.8) is 0 Å². The van der Waals surface area contributed by atoms with Gasteiger partial charge in [0.2, 0.25) is 5.91 Å². The average Bonchev–Trinajstić information content (AvgIpc) is 2.79. The topological polar surface area (TPSA) is 49.4 Å². The normalized spacial score (nSPS) is 19.5. The molecule has 2 aliphatic heterocycles. The first kappa shape index (κ1) is 18.6. The Labute approximate surface area is 174 Å². The molecule has 2 heterocycles. The zero-order chi connectivity index (χ0) is 20.7. The van der Waals surface area contributed by atoms with Crippen molar-refractivity contribution in [2.24, 2.45) is 0 Å². The van der Waals surface area contributed by atoms with Gasteiger partial charge >= 0.3 is 0 Å². The first-order chi connectivity index (χ1) is 14.6. The van der Waals surface area contributed by atoms with Gasteiger partial charge in [0.1, 0.15) is 5.82 Å². The van der Waals surface area contributed by atoms with Gasteiger partial charge in [-0.3, -0.25) is 9.59 Å². The molecule has 4 nitrogen and oxygen atoms in total. The summed E-state index contributed by atoms with van der Waals surface area (Å²) >= 11 is 0. The molecule has 0 saturated carbocycles. The molecule has 5 rings (SSSR count).